The lowest BCUT2D eigenvalue weighted by molar-refractivity contribution is 0.167. The number of carbonyl (C=O) groups excluding carboxylic acids is 1. The predicted octanol–water partition coefficient (Wildman–Crippen LogP) is 2.28. The fraction of sp³-hybridized carbons (Fsp3) is 0.312. The third kappa shape index (κ3) is 4.82. The first-order valence-electron chi connectivity index (χ1n) is 7.28. The molecule has 6 nitrogen and oxygen atoms in total. The van der Waals surface area contributed by atoms with Gasteiger partial charge in [-0.05, 0) is 12.0 Å². The number of hydrogen-bond donors (Lipinski definition) is 3. The van der Waals surface area contributed by atoms with Gasteiger partial charge in [0.25, 0.3) is 0 Å². The molecule has 0 spiro atoms. The maximum absolute atomic E-state index is 11.7. The lowest BCUT2D eigenvalue weighted by Gasteiger charge is -2.12. The second-order valence-electron chi connectivity index (χ2n) is 4.84. The number of benzene rings is 1. The Balaban J connectivity index is 1.73. The zero-order valence-corrected chi connectivity index (χ0v) is 12.5. The number of carbonyl (C=O) groups is 1. The van der Waals surface area contributed by atoms with E-state index in [-0.39, 0.29) is 6.03 Å². The molecule has 1 heterocycles. The highest BCUT2D eigenvalue weighted by atomic mass is 16.3. The molecule has 22 heavy (non-hydrogen) atoms. The quantitative estimate of drug-likeness (QED) is 0.764. The van der Waals surface area contributed by atoms with Crippen LogP contribution in [0.3, 0.4) is 0 Å². The molecule has 1 unspecified atom stereocenters. The van der Waals surface area contributed by atoms with Crippen molar-refractivity contribution in [2.75, 3.05) is 11.9 Å². The first kappa shape index (κ1) is 15.9. The monoisotopic (exact) mass is 300 g/mol. The van der Waals surface area contributed by atoms with Crippen LogP contribution in [-0.4, -0.2) is 27.7 Å². The summed E-state index contributed by atoms with van der Waals surface area (Å²) in [5.74, 6) is 0.733. The zero-order chi connectivity index (χ0) is 15.8. The number of hydrogen-bond acceptors (Lipinski definition) is 4. The summed E-state index contributed by atoms with van der Waals surface area (Å²) in [6, 6.07) is 9.02. The average Bonchev–Trinajstić information content (AvgIpc) is 2.56. The van der Waals surface area contributed by atoms with Gasteiger partial charge in [-0.1, -0.05) is 37.3 Å². The zero-order valence-electron chi connectivity index (χ0n) is 12.5. The van der Waals surface area contributed by atoms with Crippen LogP contribution in [0.2, 0.25) is 0 Å². The molecular formula is C16H20N4O2. The number of rotatable bonds is 6. The smallest absolute Gasteiger partial charge is 0.319 e. The van der Waals surface area contributed by atoms with Gasteiger partial charge in [0.2, 0.25) is 0 Å². The van der Waals surface area contributed by atoms with Crippen LogP contribution in [-0.2, 0) is 6.42 Å². The largest absolute Gasteiger partial charge is 0.388 e. The lowest BCUT2D eigenvalue weighted by atomic mass is 10.1. The molecular weight excluding hydrogens is 280 g/mol. The van der Waals surface area contributed by atoms with Crippen LogP contribution in [0.1, 0.15) is 30.8 Å². The van der Waals surface area contributed by atoms with Crippen molar-refractivity contribution >= 4 is 11.7 Å². The van der Waals surface area contributed by atoms with Gasteiger partial charge in [-0.15, -0.1) is 0 Å². The molecule has 0 aliphatic rings. The number of aliphatic hydroxyl groups excluding tert-OH is 1. The Morgan fingerprint density at radius 1 is 1.23 bits per heavy atom. The average molecular weight is 300 g/mol. The molecule has 0 fully saturated rings. The first-order valence-corrected chi connectivity index (χ1v) is 7.28. The van der Waals surface area contributed by atoms with Gasteiger partial charge >= 0.3 is 6.03 Å². The van der Waals surface area contributed by atoms with Crippen LogP contribution in [0, 0.1) is 0 Å². The molecule has 0 aliphatic heterocycles. The number of urea groups is 1. The van der Waals surface area contributed by atoms with Crippen molar-refractivity contribution < 1.29 is 9.90 Å². The maximum atomic E-state index is 11.7. The van der Waals surface area contributed by atoms with E-state index in [4.69, 9.17) is 0 Å². The maximum Gasteiger partial charge on any atom is 0.319 e. The van der Waals surface area contributed by atoms with Gasteiger partial charge < -0.3 is 15.7 Å². The van der Waals surface area contributed by atoms with Gasteiger partial charge in [-0.2, -0.15) is 0 Å². The van der Waals surface area contributed by atoms with Gasteiger partial charge in [0.15, 0.2) is 0 Å². The number of nitrogens with zero attached hydrogens (tertiary/aromatic N) is 2. The van der Waals surface area contributed by atoms with Crippen molar-refractivity contribution in [3.05, 3.63) is 54.1 Å². The topological polar surface area (TPSA) is 87.1 Å². The number of aromatic nitrogens is 2. The molecule has 0 bridgehead atoms. The summed E-state index contributed by atoms with van der Waals surface area (Å²) in [5, 5.41) is 15.3. The fourth-order valence-corrected chi connectivity index (χ4v) is 1.94. The summed E-state index contributed by atoms with van der Waals surface area (Å²) >= 11 is 0. The molecule has 2 aromatic rings. The number of aliphatic hydroxyl groups is 1. The number of aryl methyl sites for hydroxylation is 1. The Labute approximate surface area is 129 Å². The van der Waals surface area contributed by atoms with E-state index >= 15 is 0 Å². The molecule has 1 atom stereocenters. The summed E-state index contributed by atoms with van der Waals surface area (Å²) in [6.07, 6.45) is 3.76. The van der Waals surface area contributed by atoms with E-state index in [1.807, 2.05) is 37.3 Å². The van der Waals surface area contributed by atoms with Crippen LogP contribution >= 0.6 is 0 Å². The SMILES string of the molecule is CCc1ncc(NC(=O)NCCC(O)c2ccccc2)cn1. The number of amides is 2. The normalized spacial score (nSPS) is 11.7. The van der Waals surface area contributed by atoms with Crippen molar-refractivity contribution in [1.29, 1.82) is 0 Å². The first-order chi connectivity index (χ1) is 10.7. The minimum Gasteiger partial charge on any atom is -0.388 e. The van der Waals surface area contributed by atoms with Gasteiger partial charge in [0.05, 0.1) is 24.2 Å². The van der Waals surface area contributed by atoms with Crippen molar-refractivity contribution in [1.82, 2.24) is 15.3 Å². The van der Waals surface area contributed by atoms with Crippen LogP contribution in [0.25, 0.3) is 0 Å². The Morgan fingerprint density at radius 3 is 2.55 bits per heavy atom. The Hall–Kier alpha value is -2.47. The van der Waals surface area contributed by atoms with E-state index in [0.29, 0.717) is 18.7 Å². The Kier molecular flexibility index (Phi) is 5.85. The summed E-state index contributed by atoms with van der Waals surface area (Å²) in [7, 11) is 0. The molecule has 0 saturated heterocycles. The minimum atomic E-state index is -0.589. The lowest BCUT2D eigenvalue weighted by Crippen LogP contribution is -2.30. The molecule has 1 aromatic heterocycles. The highest BCUT2D eigenvalue weighted by Gasteiger charge is 2.08. The Bertz CT molecular complexity index is 587. The van der Waals surface area contributed by atoms with Crippen LogP contribution in [0.4, 0.5) is 10.5 Å². The second kappa shape index (κ2) is 8.09. The van der Waals surface area contributed by atoms with Crippen molar-refractivity contribution in [2.45, 2.75) is 25.9 Å². The molecule has 3 N–H and O–H groups in total. The van der Waals surface area contributed by atoms with Crippen LogP contribution in [0.15, 0.2) is 42.7 Å². The summed E-state index contributed by atoms with van der Waals surface area (Å²) in [5.41, 5.74) is 1.38. The van der Waals surface area contributed by atoms with E-state index in [0.717, 1.165) is 17.8 Å². The van der Waals surface area contributed by atoms with Crippen molar-refractivity contribution in [3.8, 4) is 0 Å². The van der Waals surface area contributed by atoms with E-state index in [9.17, 15) is 9.90 Å². The molecule has 2 rings (SSSR count). The van der Waals surface area contributed by atoms with Gasteiger partial charge in [0.1, 0.15) is 5.82 Å². The van der Waals surface area contributed by atoms with E-state index in [2.05, 4.69) is 20.6 Å². The molecule has 2 amide bonds. The number of anilines is 1. The molecule has 0 radical (unpaired) electrons. The summed E-state index contributed by atoms with van der Waals surface area (Å²) in [4.78, 5) is 19.9. The molecule has 0 aliphatic carbocycles. The van der Waals surface area contributed by atoms with Crippen LogP contribution in [0.5, 0.6) is 0 Å². The van der Waals surface area contributed by atoms with Crippen molar-refractivity contribution in [3.63, 3.8) is 0 Å². The summed E-state index contributed by atoms with van der Waals surface area (Å²) < 4.78 is 0. The second-order valence-corrected chi connectivity index (χ2v) is 4.84. The van der Waals surface area contributed by atoms with Gasteiger partial charge in [0, 0.05) is 13.0 Å². The van der Waals surface area contributed by atoms with Gasteiger partial charge in [-0.3, -0.25) is 0 Å². The standard InChI is InChI=1S/C16H20N4O2/c1-2-15-18-10-13(11-19-15)20-16(22)17-9-8-14(21)12-6-4-3-5-7-12/h3-7,10-11,14,21H,2,8-9H2,1H3,(H2,17,20,22). The van der Waals surface area contributed by atoms with E-state index in [1.165, 1.54) is 0 Å². The number of nitrogens with one attached hydrogen (secondary N) is 2. The Morgan fingerprint density at radius 2 is 1.91 bits per heavy atom. The van der Waals surface area contributed by atoms with Gasteiger partial charge in [-0.25, -0.2) is 14.8 Å². The van der Waals surface area contributed by atoms with Crippen LogP contribution < -0.4 is 10.6 Å². The highest BCUT2D eigenvalue weighted by molar-refractivity contribution is 5.88. The molecule has 116 valence electrons. The van der Waals surface area contributed by atoms with E-state index < -0.39 is 6.10 Å². The summed E-state index contributed by atoms with van der Waals surface area (Å²) in [6.45, 7) is 2.34. The molecule has 6 heteroatoms. The molecule has 1 aromatic carbocycles. The molecule has 0 saturated carbocycles. The van der Waals surface area contributed by atoms with Crippen molar-refractivity contribution in [2.24, 2.45) is 0 Å². The third-order valence-electron chi connectivity index (χ3n) is 3.17. The fourth-order valence-electron chi connectivity index (χ4n) is 1.94. The highest BCUT2D eigenvalue weighted by Crippen LogP contribution is 2.14. The minimum absolute atomic E-state index is 0.340. The predicted molar refractivity (Wildman–Crippen MR) is 84.5 cm³/mol. The third-order valence-corrected chi connectivity index (χ3v) is 3.17. The van der Waals surface area contributed by atoms with E-state index in [1.54, 1.807) is 12.4 Å².